The Kier molecular flexibility index (Phi) is 8.06. The van der Waals surface area contributed by atoms with Crippen molar-refractivity contribution >= 4 is 15.9 Å². The third-order valence-electron chi connectivity index (χ3n) is 4.55. The number of unbranched alkanes of at least 4 members (excludes halogenated alkanes) is 2. The number of benzene rings is 1. The topological polar surface area (TPSA) is 84.5 Å². The van der Waals surface area contributed by atoms with Crippen molar-refractivity contribution in [1.82, 2.24) is 10.0 Å². The average molecular weight is 383 g/mol. The van der Waals surface area contributed by atoms with E-state index in [0.717, 1.165) is 38.5 Å². The summed E-state index contributed by atoms with van der Waals surface area (Å²) in [6, 6.07) is 6.21. The van der Waals surface area contributed by atoms with Gasteiger partial charge in [-0.3, -0.25) is 4.79 Å². The van der Waals surface area contributed by atoms with Crippen LogP contribution < -0.4 is 10.0 Å². The maximum atomic E-state index is 12.5. The normalized spacial score (nSPS) is 18.6. The largest absolute Gasteiger partial charge is 0.377 e. The van der Waals surface area contributed by atoms with Crippen LogP contribution in [0, 0.1) is 0 Å². The van der Waals surface area contributed by atoms with Gasteiger partial charge < -0.3 is 10.1 Å². The minimum Gasteiger partial charge on any atom is -0.377 e. The summed E-state index contributed by atoms with van der Waals surface area (Å²) in [5.41, 5.74) is 0.354. The van der Waals surface area contributed by atoms with Gasteiger partial charge in [0, 0.05) is 24.8 Å². The highest BCUT2D eigenvalue weighted by Crippen LogP contribution is 2.15. The molecule has 7 heteroatoms. The number of nitrogens with one attached hydrogen (secondary N) is 2. The first-order valence-corrected chi connectivity index (χ1v) is 10.9. The zero-order chi connectivity index (χ0) is 19.0. The van der Waals surface area contributed by atoms with E-state index in [0.29, 0.717) is 12.2 Å². The summed E-state index contributed by atoms with van der Waals surface area (Å²) in [5.74, 6) is -0.245. The molecule has 1 aliphatic heterocycles. The van der Waals surface area contributed by atoms with Gasteiger partial charge in [-0.2, -0.15) is 0 Å². The number of ether oxygens (including phenoxy) is 1. The van der Waals surface area contributed by atoms with E-state index in [1.807, 2.05) is 6.92 Å². The Bertz CT molecular complexity index is 685. The summed E-state index contributed by atoms with van der Waals surface area (Å²) >= 11 is 0. The van der Waals surface area contributed by atoms with E-state index < -0.39 is 10.0 Å². The first-order chi connectivity index (χ1) is 12.4. The molecule has 1 amide bonds. The van der Waals surface area contributed by atoms with Crippen LogP contribution in [0.5, 0.6) is 0 Å². The number of amides is 1. The highest BCUT2D eigenvalue weighted by molar-refractivity contribution is 7.89. The Morgan fingerprint density at radius 3 is 2.85 bits per heavy atom. The Balaban J connectivity index is 1.95. The number of rotatable bonds is 10. The molecule has 2 rings (SSSR count). The maximum Gasteiger partial charge on any atom is 0.251 e. The fourth-order valence-corrected chi connectivity index (χ4v) is 4.09. The Labute approximate surface area is 156 Å². The second-order valence-corrected chi connectivity index (χ2v) is 8.65. The SMILES string of the molecule is CCCCC[C@H](C)NC(=O)c1cccc(S(=O)(=O)NC[C@H]2CCCO2)c1. The second-order valence-electron chi connectivity index (χ2n) is 6.89. The average Bonchev–Trinajstić information content (AvgIpc) is 3.14. The van der Waals surface area contributed by atoms with Crippen LogP contribution in [0.25, 0.3) is 0 Å². The summed E-state index contributed by atoms with van der Waals surface area (Å²) in [6.45, 7) is 5.05. The molecule has 6 nitrogen and oxygen atoms in total. The highest BCUT2D eigenvalue weighted by Gasteiger charge is 2.21. The molecule has 1 fully saturated rings. The molecule has 1 aromatic carbocycles. The summed E-state index contributed by atoms with van der Waals surface area (Å²) < 4.78 is 32.9. The lowest BCUT2D eigenvalue weighted by molar-refractivity contribution is 0.0937. The van der Waals surface area contributed by atoms with E-state index in [1.165, 1.54) is 12.1 Å². The number of carbonyl (C=O) groups is 1. The summed E-state index contributed by atoms with van der Waals surface area (Å²) in [4.78, 5) is 12.5. The third kappa shape index (κ3) is 6.37. The number of sulfonamides is 1. The highest BCUT2D eigenvalue weighted by atomic mass is 32.2. The van der Waals surface area contributed by atoms with Crippen LogP contribution in [0.1, 0.15) is 62.7 Å². The lowest BCUT2D eigenvalue weighted by atomic mass is 10.1. The molecular formula is C19H30N2O4S. The van der Waals surface area contributed by atoms with Crippen molar-refractivity contribution < 1.29 is 17.9 Å². The van der Waals surface area contributed by atoms with Gasteiger partial charge in [0.05, 0.1) is 11.0 Å². The van der Waals surface area contributed by atoms with Crippen LogP contribution in [0.4, 0.5) is 0 Å². The Morgan fingerprint density at radius 1 is 1.35 bits per heavy atom. The molecule has 146 valence electrons. The molecule has 0 aromatic heterocycles. The quantitative estimate of drug-likeness (QED) is 0.610. The first kappa shape index (κ1) is 20.9. The van der Waals surface area contributed by atoms with Gasteiger partial charge in [0.15, 0.2) is 0 Å². The van der Waals surface area contributed by atoms with Gasteiger partial charge in [-0.25, -0.2) is 13.1 Å². The van der Waals surface area contributed by atoms with Gasteiger partial charge in [-0.1, -0.05) is 32.3 Å². The Hall–Kier alpha value is -1.44. The lowest BCUT2D eigenvalue weighted by Gasteiger charge is -2.15. The maximum absolute atomic E-state index is 12.5. The molecule has 0 radical (unpaired) electrons. The van der Waals surface area contributed by atoms with Crippen molar-refractivity contribution in [3.63, 3.8) is 0 Å². The molecule has 1 heterocycles. The van der Waals surface area contributed by atoms with E-state index in [2.05, 4.69) is 17.0 Å². The van der Waals surface area contributed by atoms with Crippen LogP contribution in [-0.4, -0.2) is 39.6 Å². The number of carbonyl (C=O) groups excluding carboxylic acids is 1. The second kappa shape index (κ2) is 10.0. The molecule has 0 spiro atoms. The van der Waals surface area contributed by atoms with Gasteiger partial charge in [-0.05, 0) is 44.4 Å². The van der Waals surface area contributed by atoms with Crippen molar-refractivity contribution in [1.29, 1.82) is 0 Å². The number of hydrogen-bond donors (Lipinski definition) is 2. The summed E-state index contributed by atoms with van der Waals surface area (Å²) in [7, 11) is -3.66. The van der Waals surface area contributed by atoms with Crippen LogP contribution in [0.15, 0.2) is 29.2 Å². The van der Waals surface area contributed by atoms with Gasteiger partial charge in [0.1, 0.15) is 0 Å². The van der Waals surface area contributed by atoms with E-state index in [-0.39, 0.29) is 29.5 Å². The van der Waals surface area contributed by atoms with Gasteiger partial charge in [0.2, 0.25) is 10.0 Å². The first-order valence-electron chi connectivity index (χ1n) is 9.44. The minimum absolute atomic E-state index is 0.0620. The van der Waals surface area contributed by atoms with Crippen molar-refractivity contribution in [3.05, 3.63) is 29.8 Å². The third-order valence-corrected chi connectivity index (χ3v) is 5.97. The fraction of sp³-hybridized carbons (Fsp3) is 0.632. The predicted octanol–water partition coefficient (Wildman–Crippen LogP) is 2.84. The zero-order valence-electron chi connectivity index (χ0n) is 15.7. The lowest BCUT2D eigenvalue weighted by Crippen LogP contribution is -2.33. The molecule has 2 N–H and O–H groups in total. The molecule has 1 aliphatic rings. The summed E-state index contributed by atoms with van der Waals surface area (Å²) in [5, 5.41) is 2.94. The standard InChI is InChI=1S/C19H30N2O4S/c1-3-4-5-8-15(2)21-19(22)16-9-6-11-18(13-16)26(23,24)20-14-17-10-7-12-25-17/h6,9,11,13,15,17,20H,3-5,7-8,10,12,14H2,1-2H3,(H,21,22)/t15-,17+/m0/s1. The number of hydrogen-bond acceptors (Lipinski definition) is 4. The van der Waals surface area contributed by atoms with E-state index >= 15 is 0 Å². The predicted molar refractivity (Wildman–Crippen MR) is 102 cm³/mol. The van der Waals surface area contributed by atoms with Gasteiger partial charge in [0.25, 0.3) is 5.91 Å². The van der Waals surface area contributed by atoms with E-state index in [1.54, 1.807) is 12.1 Å². The van der Waals surface area contributed by atoms with E-state index in [9.17, 15) is 13.2 Å². The van der Waals surface area contributed by atoms with Gasteiger partial charge >= 0.3 is 0 Å². The summed E-state index contributed by atoms with van der Waals surface area (Å²) in [6.07, 6.45) is 6.02. The van der Waals surface area contributed by atoms with Crippen molar-refractivity contribution in [2.75, 3.05) is 13.2 Å². The van der Waals surface area contributed by atoms with Crippen LogP contribution in [-0.2, 0) is 14.8 Å². The van der Waals surface area contributed by atoms with Gasteiger partial charge in [-0.15, -0.1) is 0 Å². The Morgan fingerprint density at radius 2 is 2.15 bits per heavy atom. The molecule has 1 saturated heterocycles. The molecule has 0 aliphatic carbocycles. The minimum atomic E-state index is -3.66. The smallest absolute Gasteiger partial charge is 0.251 e. The molecule has 0 bridgehead atoms. The zero-order valence-corrected chi connectivity index (χ0v) is 16.5. The fourth-order valence-electron chi connectivity index (χ4n) is 2.98. The van der Waals surface area contributed by atoms with Crippen LogP contribution in [0.3, 0.4) is 0 Å². The molecule has 0 unspecified atom stereocenters. The monoisotopic (exact) mass is 382 g/mol. The molecule has 2 atom stereocenters. The molecule has 0 saturated carbocycles. The van der Waals surface area contributed by atoms with Crippen LogP contribution >= 0.6 is 0 Å². The molecule has 1 aromatic rings. The molecule has 26 heavy (non-hydrogen) atoms. The van der Waals surface area contributed by atoms with Crippen molar-refractivity contribution in [2.45, 2.75) is 69.4 Å². The van der Waals surface area contributed by atoms with E-state index in [4.69, 9.17) is 4.74 Å². The van der Waals surface area contributed by atoms with Crippen LogP contribution in [0.2, 0.25) is 0 Å². The van der Waals surface area contributed by atoms with Crippen molar-refractivity contribution in [2.24, 2.45) is 0 Å². The van der Waals surface area contributed by atoms with Crippen molar-refractivity contribution in [3.8, 4) is 0 Å². The molecular weight excluding hydrogens is 352 g/mol.